The van der Waals surface area contributed by atoms with E-state index in [1.807, 2.05) is 18.2 Å². The summed E-state index contributed by atoms with van der Waals surface area (Å²) in [6.07, 6.45) is 1.54. The van der Waals surface area contributed by atoms with Crippen LogP contribution in [-0.2, 0) is 6.54 Å². The van der Waals surface area contributed by atoms with Crippen molar-refractivity contribution in [3.8, 4) is 0 Å². The minimum atomic E-state index is 0.0493. The second kappa shape index (κ2) is 7.09. The molecule has 1 aromatic carbocycles. The largest absolute Gasteiger partial charge is 0.461 e. The van der Waals surface area contributed by atoms with Gasteiger partial charge in [0.1, 0.15) is 0 Å². The van der Waals surface area contributed by atoms with Crippen molar-refractivity contribution in [1.82, 2.24) is 9.80 Å². The van der Waals surface area contributed by atoms with Gasteiger partial charge in [0.15, 0.2) is 5.76 Å². The molecule has 2 aromatic rings. The standard InChI is InChI=1S/C17H19ClN2O2/c18-15-4-1-3-14(11-15)12-19-6-8-20(9-7-19)13-16(21)17-5-2-10-22-17/h1-5,10-11H,6-9,12-13H2. The van der Waals surface area contributed by atoms with Gasteiger partial charge in [0, 0.05) is 37.7 Å². The highest BCUT2D eigenvalue weighted by molar-refractivity contribution is 6.30. The maximum Gasteiger partial charge on any atom is 0.211 e. The van der Waals surface area contributed by atoms with Crippen LogP contribution in [0.25, 0.3) is 0 Å². The van der Waals surface area contributed by atoms with E-state index in [0.29, 0.717) is 12.3 Å². The first-order valence-corrected chi connectivity index (χ1v) is 7.84. The maximum atomic E-state index is 12.0. The van der Waals surface area contributed by atoms with Crippen LogP contribution in [0.4, 0.5) is 0 Å². The number of carbonyl (C=O) groups is 1. The number of carbonyl (C=O) groups excluding carboxylic acids is 1. The van der Waals surface area contributed by atoms with E-state index in [9.17, 15) is 4.79 Å². The normalized spacial score (nSPS) is 16.8. The van der Waals surface area contributed by atoms with Gasteiger partial charge < -0.3 is 4.42 Å². The molecular weight excluding hydrogens is 300 g/mol. The molecule has 1 fully saturated rings. The molecule has 0 bridgehead atoms. The Morgan fingerprint density at radius 1 is 1.09 bits per heavy atom. The number of hydrogen-bond acceptors (Lipinski definition) is 4. The van der Waals surface area contributed by atoms with E-state index < -0.39 is 0 Å². The Hall–Kier alpha value is -1.62. The van der Waals surface area contributed by atoms with Crippen LogP contribution in [0.5, 0.6) is 0 Å². The molecule has 0 spiro atoms. The van der Waals surface area contributed by atoms with Crippen LogP contribution in [0.15, 0.2) is 47.1 Å². The van der Waals surface area contributed by atoms with Crippen LogP contribution >= 0.6 is 11.6 Å². The number of ketones is 1. The fourth-order valence-corrected chi connectivity index (χ4v) is 2.93. The highest BCUT2D eigenvalue weighted by Crippen LogP contribution is 2.14. The Bertz CT molecular complexity index is 619. The summed E-state index contributed by atoms with van der Waals surface area (Å²) in [7, 11) is 0. The highest BCUT2D eigenvalue weighted by Gasteiger charge is 2.20. The van der Waals surface area contributed by atoms with Gasteiger partial charge in [-0.2, -0.15) is 0 Å². The molecule has 2 heterocycles. The molecule has 0 radical (unpaired) electrons. The van der Waals surface area contributed by atoms with Gasteiger partial charge in [-0.05, 0) is 29.8 Å². The third-order valence-electron chi connectivity index (χ3n) is 3.92. The lowest BCUT2D eigenvalue weighted by atomic mass is 10.2. The lowest BCUT2D eigenvalue weighted by Gasteiger charge is -2.34. The first-order chi connectivity index (χ1) is 10.7. The summed E-state index contributed by atoms with van der Waals surface area (Å²) in [5.41, 5.74) is 1.23. The number of rotatable bonds is 5. The van der Waals surface area contributed by atoms with Crippen LogP contribution < -0.4 is 0 Å². The third-order valence-corrected chi connectivity index (χ3v) is 4.16. The lowest BCUT2D eigenvalue weighted by Crippen LogP contribution is -2.47. The van der Waals surface area contributed by atoms with E-state index in [1.54, 1.807) is 12.1 Å². The van der Waals surface area contributed by atoms with E-state index in [-0.39, 0.29) is 5.78 Å². The molecular formula is C17H19ClN2O2. The predicted octanol–water partition coefficient (Wildman–Crippen LogP) is 2.93. The zero-order valence-electron chi connectivity index (χ0n) is 12.4. The van der Waals surface area contributed by atoms with E-state index >= 15 is 0 Å². The maximum absolute atomic E-state index is 12.0. The molecule has 4 nitrogen and oxygen atoms in total. The van der Waals surface area contributed by atoms with E-state index in [1.165, 1.54) is 11.8 Å². The van der Waals surface area contributed by atoms with Gasteiger partial charge in [-0.15, -0.1) is 0 Å². The number of Topliss-reactive ketones (excluding diaryl/α,β-unsaturated/α-hetero) is 1. The van der Waals surface area contributed by atoms with Crippen molar-refractivity contribution < 1.29 is 9.21 Å². The Morgan fingerprint density at radius 2 is 1.86 bits per heavy atom. The smallest absolute Gasteiger partial charge is 0.211 e. The van der Waals surface area contributed by atoms with Gasteiger partial charge >= 0.3 is 0 Å². The molecule has 22 heavy (non-hydrogen) atoms. The van der Waals surface area contributed by atoms with Crippen LogP contribution in [0.3, 0.4) is 0 Å². The van der Waals surface area contributed by atoms with Crippen molar-refractivity contribution >= 4 is 17.4 Å². The minimum absolute atomic E-state index is 0.0493. The number of halogens is 1. The summed E-state index contributed by atoms with van der Waals surface area (Å²) in [5.74, 6) is 0.495. The molecule has 116 valence electrons. The fraction of sp³-hybridized carbons (Fsp3) is 0.353. The highest BCUT2D eigenvalue weighted by atomic mass is 35.5. The molecule has 1 aliphatic rings. The Labute approximate surface area is 135 Å². The van der Waals surface area contributed by atoms with E-state index in [2.05, 4.69) is 15.9 Å². The third kappa shape index (κ3) is 3.97. The average molecular weight is 319 g/mol. The van der Waals surface area contributed by atoms with Crippen LogP contribution in [0.1, 0.15) is 16.1 Å². The molecule has 0 saturated carbocycles. The summed E-state index contributed by atoms with van der Waals surface area (Å²) in [6, 6.07) is 11.4. The zero-order chi connectivity index (χ0) is 15.4. The van der Waals surface area contributed by atoms with Crippen molar-refractivity contribution in [3.05, 3.63) is 59.0 Å². The van der Waals surface area contributed by atoms with Gasteiger partial charge in [0.05, 0.1) is 12.8 Å². The number of benzene rings is 1. The van der Waals surface area contributed by atoms with Gasteiger partial charge in [-0.1, -0.05) is 23.7 Å². The van der Waals surface area contributed by atoms with Crippen LogP contribution in [0, 0.1) is 0 Å². The SMILES string of the molecule is O=C(CN1CCN(Cc2cccc(Cl)c2)CC1)c1ccco1. The van der Waals surface area contributed by atoms with Crippen LogP contribution in [-0.4, -0.2) is 48.3 Å². The number of furan rings is 1. The van der Waals surface area contributed by atoms with Crippen molar-refractivity contribution in [2.45, 2.75) is 6.54 Å². The number of hydrogen-bond donors (Lipinski definition) is 0. The van der Waals surface area contributed by atoms with Gasteiger partial charge in [-0.25, -0.2) is 0 Å². The van der Waals surface area contributed by atoms with E-state index in [4.69, 9.17) is 16.0 Å². The topological polar surface area (TPSA) is 36.7 Å². The monoisotopic (exact) mass is 318 g/mol. The quantitative estimate of drug-likeness (QED) is 0.794. The van der Waals surface area contributed by atoms with Crippen LogP contribution in [0.2, 0.25) is 5.02 Å². The average Bonchev–Trinajstić information content (AvgIpc) is 3.04. The first kappa shape index (κ1) is 15.3. The molecule has 3 rings (SSSR count). The molecule has 0 amide bonds. The Morgan fingerprint density at radius 3 is 2.55 bits per heavy atom. The molecule has 1 saturated heterocycles. The molecule has 5 heteroatoms. The van der Waals surface area contributed by atoms with Gasteiger partial charge in [-0.3, -0.25) is 14.6 Å². The minimum Gasteiger partial charge on any atom is -0.461 e. The molecule has 0 atom stereocenters. The molecule has 0 unspecified atom stereocenters. The second-order valence-corrected chi connectivity index (χ2v) is 6.02. The summed E-state index contributed by atoms with van der Waals surface area (Å²) in [4.78, 5) is 16.6. The summed E-state index contributed by atoms with van der Waals surface area (Å²) < 4.78 is 5.15. The van der Waals surface area contributed by atoms with Gasteiger partial charge in [0.25, 0.3) is 0 Å². The molecule has 1 aliphatic heterocycles. The predicted molar refractivity (Wildman–Crippen MR) is 86.2 cm³/mol. The number of piperazine rings is 1. The summed E-state index contributed by atoms with van der Waals surface area (Å²) in [6.45, 7) is 5.04. The Balaban J connectivity index is 1.47. The van der Waals surface area contributed by atoms with Crippen molar-refractivity contribution in [2.75, 3.05) is 32.7 Å². The second-order valence-electron chi connectivity index (χ2n) is 5.58. The first-order valence-electron chi connectivity index (χ1n) is 7.46. The lowest BCUT2D eigenvalue weighted by molar-refractivity contribution is 0.0819. The molecule has 0 aliphatic carbocycles. The summed E-state index contributed by atoms with van der Waals surface area (Å²) in [5, 5.41) is 0.778. The molecule has 1 aromatic heterocycles. The zero-order valence-corrected chi connectivity index (χ0v) is 13.1. The summed E-state index contributed by atoms with van der Waals surface area (Å²) >= 11 is 6.02. The fourth-order valence-electron chi connectivity index (χ4n) is 2.72. The van der Waals surface area contributed by atoms with E-state index in [0.717, 1.165) is 37.7 Å². The molecule has 0 N–H and O–H groups in total. The van der Waals surface area contributed by atoms with Crippen molar-refractivity contribution in [2.24, 2.45) is 0 Å². The van der Waals surface area contributed by atoms with Crippen molar-refractivity contribution in [3.63, 3.8) is 0 Å². The van der Waals surface area contributed by atoms with Gasteiger partial charge in [0.2, 0.25) is 5.78 Å². The Kier molecular flexibility index (Phi) is 4.93. The number of nitrogens with zero attached hydrogens (tertiary/aromatic N) is 2. The van der Waals surface area contributed by atoms with Crippen molar-refractivity contribution in [1.29, 1.82) is 0 Å².